The summed E-state index contributed by atoms with van der Waals surface area (Å²) in [7, 11) is 0. The van der Waals surface area contributed by atoms with E-state index in [1.54, 1.807) is 0 Å². The van der Waals surface area contributed by atoms with E-state index in [0.29, 0.717) is 13.2 Å². The molecular weight excluding hydrogens is 257 g/mol. The van der Waals surface area contributed by atoms with Crippen LogP contribution in [-0.4, -0.2) is 16.6 Å². The molecule has 0 aliphatic heterocycles. The lowest BCUT2D eigenvalue weighted by molar-refractivity contribution is 0.284. The molecule has 0 aliphatic rings. The predicted octanol–water partition coefficient (Wildman–Crippen LogP) is 3.41. The summed E-state index contributed by atoms with van der Waals surface area (Å²) in [6, 6.07) is 9.94. The van der Waals surface area contributed by atoms with Crippen molar-refractivity contribution in [3.8, 4) is 6.01 Å². The van der Waals surface area contributed by atoms with Gasteiger partial charge in [0.2, 0.25) is 0 Å². The monoisotopic (exact) mass is 275 g/mol. The summed E-state index contributed by atoms with van der Waals surface area (Å²) in [4.78, 5) is 7.86. The van der Waals surface area contributed by atoms with Gasteiger partial charge in [-0.3, -0.25) is 0 Å². The molecule has 0 aliphatic carbocycles. The second-order valence-electron chi connectivity index (χ2n) is 4.39. The van der Waals surface area contributed by atoms with Crippen LogP contribution in [-0.2, 0) is 6.54 Å². The summed E-state index contributed by atoms with van der Waals surface area (Å²) >= 11 is 0. The van der Waals surface area contributed by atoms with E-state index in [1.165, 1.54) is 0 Å². The van der Waals surface area contributed by atoms with E-state index in [0.717, 1.165) is 24.6 Å². The average molecular weight is 275 g/mol. The number of benzene rings is 1. The maximum absolute atomic E-state index is 13.6. The van der Waals surface area contributed by atoms with Crippen molar-refractivity contribution in [2.45, 2.75) is 26.3 Å². The van der Waals surface area contributed by atoms with Gasteiger partial charge >= 0.3 is 6.01 Å². The number of nitrogens with one attached hydrogen (secondary N) is 1. The topological polar surface area (TPSA) is 47.0 Å². The van der Waals surface area contributed by atoms with Gasteiger partial charge in [0.15, 0.2) is 11.6 Å². The highest BCUT2D eigenvalue weighted by molar-refractivity contribution is 5.37. The molecule has 2 aromatic rings. The molecule has 20 heavy (non-hydrogen) atoms. The average Bonchev–Trinajstić information content (AvgIpc) is 2.49. The van der Waals surface area contributed by atoms with E-state index in [4.69, 9.17) is 4.74 Å². The van der Waals surface area contributed by atoms with E-state index in [9.17, 15) is 4.39 Å². The fraction of sp³-hybridized carbons (Fsp3) is 0.333. The molecule has 0 radical (unpaired) electrons. The van der Waals surface area contributed by atoms with Crippen molar-refractivity contribution >= 4 is 5.82 Å². The Bertz CT molecular complexity index is 534. The molecule has 2 rings (SSSR count). The van der Waals surface area contributed by atoms with E-state index in [1.807, 2.05) is 30.3 Å². The molecule has 0 unspecified atom stereocenters. The molecule has 106 valence electrons. The van der Waals surface area contributed by atoms with E-state index in [2.05, 4.69) is 22.2 Å². The summed E-state index contributed by atoms with van der Waals surface area (Å²) in [6.45, 7) is 3.12. The predicted molar refractivity (Wildman–Crippen MR) is 76.2 cm³/mol. The van der Waals surface area contributed by atoms with Crippen molar-refractivity contribution in [2.24, 2.45) is 0 Å². The maximum Gasteiger partial charge on any atom is 0.318 e. The smallest absolute Gasteiger partial charge is 0.318 e. The third-order valence-corrected chi connectivity index (χ3v) is 2.75. The molecule has 1 aromatic carbocycles. The molecule has 0 atom stereocenters. The molecule has 1 N–H and O–H groups in total. The number of nitrogens with zero attached hydrogens (tertiary/aromatic N) is 2. The Balaban J connectivity index is 1.97. The fourth-order valence-corrected chi connectivity index (χ4v) is 1.63. The minimum absolute atomic E-state index is 0.162. The van der Waals surface area contributed by atoms with E-state index in [-0.39, 0.29) is 11.8 Å². The van der Waals surface area contributed by atoms with Crippen molar-refractivity contribution < 1.29 is 9.13 Å². The molecule has 0 amide bonds. The van der Waals surface area contributed by atoms with Crippen molar-refractivity contribution in [3.63, 3.8) is 0 Å². The number of halogens is 1. The van der Waals surface area contributed by atoms with Gasteiger partial charge in [-0.2, -0.15) is 4.98 Å². The zero-order valence-corrected chi connectivity index (χ0v) is 11.5. The van der Waals surface area contributed by atoms with Crippen LogP contribution >= 0.6 is 0 Å². The molecular formula is C15H18FN3O. The van der Waals surface area contributed by atoms with Gasteiger partial charge in [-0.05, 0) is 12.0 Å². The molecule has 4 nitrogen and oxygen atoms in total. The van der Waals surface area contributed by atoms with Gasteiger partial charge in [0, 0.05) is 6.54 Å². The molecule has 5 heteroatoms. The largest absolute Gasteiger partial charge is 0.463 e. The highest BCUT2D eigenvalue weighted by atomic mass is 19.1. The summed E-state index contributed by atoms with van der Waals surface area (Å²) in [5.74, 6) is -0.320. The maximum atomic E-state index is 13.6. The third kappa shape index (κ3) is 4.19. The Morgan fingerprint density at radius 1 is 1.25 bits per heavy atom. The molecule has 1 aromatic heterocycles. The second kappa shape index (κ2) is 7.43. The lowest BCUT2D eigenvalue weighted by Gasteiger charge is -2.08. The Kier molecular flexibility index (Phi) is 5.29. The van der Waals surface area contributed by atoms with E-state index >= 15 is 0 Å². The quantitative estimate of drug-likeness (QED) is 0.787. The summed E-state index contributed by atoms with van der Waals surface area (Å²) in [5, 5.41) is 2.95. The Hall–Kier alpha value is -2.17. The van der Waals surface area contributed by atoms with Gasteiger partial charge in [-0.1, -0.05) is 43.7 Å². The minimum atomic E-state index is -0.483. The van der Waals surface area contributed by atoms with Gasteiger partial charge < -0.3 is 10.1 Å². The summed E-state index contributed by atoms with van der Waals surface area (Å²) in [5.41, 5.74) is 1.05. The van der Waals surface area contributed by atoms with Crippen LogP contribution in [0.3, 0.4) is 0 Å². The Morgan fingerprint density at radius 3 is 2.80 bits per heavy atom. The number of hydrogen-bond donors (Lipinski definition) is 1. The molecule has 0 saturated carbocycles. The van der Waals surface area contributed by atoms with Crippen LogP contribution in [0.25, 0.3) is 0 Å². The first-order chi connectivity index (χ1) is 9.79. The highest BCUT2D eigenvalue weighted by Crippen LogP contribution is 2.14. The lowest BCUT2D eigenvalue weighted by atomic mass is 10.2. The first-order valence-corrected chi connectivity index (χ1v) is 6.72. The lowest BCUT2D eigenvalue weighted by Crippen LogP contribution is -2.07. The minimum Gasteiger partial charge on any atom is -0.463 e. The van der Waals surface area contributed by atoms with Crippen LogP contribution in [0.1, 0.15) is 25.3 Å². The number of hydrogen-bond acceptors (Lipinski definition) is 4. The zero-order valence-electron chi connectivity index (χ0n) is 11.5. The first kappa shape index (κ1) is 14.2. The fourth-order valence-electron chi connectivity index (χ4n) is 1.63. The van der Waals surface area contributed by atoms with Gasteiger partial charge in [0.05, 0.1) is 12.8 Å². The SMILES string of the molecule is CCCCOc1ncc(F)c(NCc2ccccc2)n1. The molecule has 0 saturated heterocycles. The Morgan fingerprint density at radius 2 is 2.05 bits per heavy atom. The van der Waals surface area contributed by atoms with Gasteiger partial charge in [0.25, 0.3) is 0 Å². The molecule has 0 bridgehead atoms. The number of ether oxygens (including phenoxy) is 1. The zero-order chi connectivity index (χ0) is 14.2. The van der Waals surface area contributed by atoms with Crippen molar-refractivity contribution in [1.29, 1.82) is 0 Å². The van der Waals surface area contributed by atoms with Crippen LogP contribution < -0.4 is 10.1 Å². The van der Waals surface area contributed by atoms with E-state index < -0.39 is 5.82 Å². The number of anilines is 1. The number of aromatic nitrogens is 2. The standard InChI is InChI=1S/C15H18FN3O/c1-2-3-9-20-15-18-11-13(16)14(19-15)17-10-12-7-5-4-6-8-12/h4-8,11H,2-3,9-10H2,1H3,(H,17,18,19). The Labute approximate surface area is 118 Å². The number of unbranched alkanes of at least 4 members (excludes halogenated alkanes) is 1. The molecule has 0 fully saturated rings. The summed E-state index contributed by atoms with van der Waals surface area (Å²) < 4.78 is 19.0. The van der Waals surface area contributed by atoms with Crippen molar-refractivity contribution in [3.05, 3.63) is 47.9 Å². The van der Waals surface area contributed by atoms with Crippen LogP contribution in [0.4, 0.5) is 10.2 Å². The first-order valence-electron chi connectivity index (χ1n) is 6.72. The third-order valence-electron chi connectivity index (χ3n) is 2.75. The van der Waals surface area contributed by atoms with Crippen LogP contribution in [0, 0.1) is 5.82 Å². The highest BCUT2D eigenvalue weighted by Gasteiger charge is 2.07. The summed E-state index contributed by atoms with van der Waals surface area (Å²) in [6.07, 6.45) is 3.08. The van der Waals surface area contributed by atoms with Crippen LogP contribution in [0.5, 0.6) is 6.01 Å². The van der Waals surface area contributed by atoms with Crippen LogP contribution in [0.2, 0.25) is 0 Å². The van der Waals surface area contributed by atoms with Crippen LogP contribution in [0.15, 0.2) is 36.5 Å². The van der Waals surface area contributed by atoms with Gasteiger partial charge in [0.1, 0.15) is 0 Å². The number of rotatable bonds is 7. The van der Waals surface area contributed by atoms with Gasteiger partial charge in [-0.25, -0.2) is 9.37 Å². The molecule has 0 spiro atoms. The second-order valence-corrected chi connectivity index (χ2v) is 4.39. The normalized spacial score (nSPS) is 10.3. The van der Waals surface area contributed by atoms with Crippen molar-refractivity contribution in [1.82, 2.24) is 9.97 Å². The van der Waals surface area contributed by atoms with Crippen molar-refractivity contribution in [2.75, 3.05) is 11.9 Å². The van der Waals surface area contributed by atoms with Gasteiger partial charge in [-0.15, -0.1) is 0 Å². The molecule has 1 heterocycles.